The molecule has 1 aromatic rings. The van der Waals surface area contributed by atoms with Crippen LogP contribution in [0, 0.1) is 0 Å². The lowest BCUT2D eigenvalue weighted by molar-refractivity contribution is 0.0246. The van der Waals surface area contributed by atoms with E-state index in [1.165, 1.54) is 6.20 Å². The zero-order valence-electron chi connectivity index (χ0n) is 13.2. The number of carbonyl (C=O) groups excluding carboxylic acids is 1. The number of ether oxygens (including phenoxy) is 2. The number of nitrogens with one attached hydrogen (secondary N) is 1. The predicted molar refractivity (Wildman–Crippen MR) is 78.0 cm³/mol. The Labute approximate surface area is 125 Å². The van der Waals surface area contributed by atoms with Gasteiger partial charge in [-0.3, -0.25) is 4.68 Å². The van der Waals surface area contributed by atoms with Crippen molar-refractivity contribution in [3.8, 4) is 0 Å². The number of aliphatic hydroxyl groups is 1. The van der Waals surface area contributed by atoms with Crippen molar-refractivity contribution < 1.29 is 19.4 Å². The molecule has 120 valence electrons. The molecule has 0 spiro atoms. The van der Waals surface area contributed by atoms with Gasteiger partial charge in [0.25, 0.3) is 0 Å². The molecule has 0 bridgehead atoms. The number of nitrogens with zero attached hydrogens (tertiary/aromatic N) is 2. The van der Waals surface area contributed by atoms with E-state index in [0.717, 1.165) is 5.69 Å². The maximum atomic E-state index is 11.8. The molecule has 1 heterocycles. The number of hydrogen-bond donors (Lipinski definition) is 2. The molecular weight excluding hydrogens is 274 g/mol. The average molecular weight is 299 g/mol. The summed E-state index contributed by atoms with van der Waals surface area (Å²) in [5.41, 5.74) is 0.318. The van der Waals surface area contributed by atoms with Crippen LogP contribution >= 0.6 is 0 Å². The maximum absolute atomic E-state index is 11.8. The summed E-state index contributed by atoms with van der Waals surface area (Å²) in [6.45, 7) is 5.14. The smallest absolute Gasteiger partial charge is 0.341 e. The van der Waals surface area contributed by atoms with Crippen LogP contribution in [0.15, 0.2) is 6.20 Å². The summed E-state index contributed by atoms with van der Waals surface area (Å²) < 4.78 is 11.6. The van der Waals surface area contributed by atoms with Crippen molar-refractivity contribution in [3.05, 3.63) is 17.5 Å². The number of methoxy groups -OCH3 is 1. The second-order valence-electron chi connectivity index (χ2n) is 5.19. The molecule has 0 aliphatic heterocycles. The molecule has 2 N–H and O–H groups in total. The van der Waals surface area contributed by atoms with E-state index in [2.05, 4.69) is 10.4 Å². The summed E-state index contributed by atoms with van der Waals surface area (Å²) in [6, 6.07) is 0. The van der Waals surface area contributed by atoms with Gasteiger partial charge >= 0.3 is 5.97 Å². The Morgan fingerprint density at radius 3 is 2.90 bits per heavy atom. The Hall–Kier alpha value is -1.44. The van der Waals surface area contributed by atoms with Gasteiger partial charge in [0.1, 0.15) is 5.56 Å². The first-order valence-electron chi connectivity index (χ1n) is 7.01. The van der Waals surface area contributed by atoms with Crippen LogP contribution in [0.5, 0.6) is 0 Å². The Morgan fingerprint density at radius 1 is 1.57 bits per heavy atom. The molecule has 21 heavy (non-hydrogen) atoms. The highest BCUT2D eigenvalue weighted by Gasteiger charge is 2.21. The Morgan fingerprint density at radius 2 is 2.29 bits per heavy atom. The zero-order chi connectivity index (χ0) is 15.9. The topological polar surface area (TPSA) is 85.6 Å². The molecule has 7 heteroatoms. The van der Waals surface area contributed by atoms with Crippen LogP contribution in [0.4, 0.5) is 0 Å². The molecule has 1 aromatic heterocycles. The van der Waals surface area contributed by atoms with E-state index in [0.29, 0.717) is 38.3 Å². The van der Waals surface area contributed by atoms with Crippen molar-refractivity contribution in [2.24, 2.45) is 7.05 Å². The quantitative estimate of drug-likeness (QED) is 0.645. The minimum atomic E-state index is -0.862. The summed E-state index contributed by atoms with van der Waals surface area (Å²) >= 11 is 0. The van der Waals surface area contributed by atoms with Crippen LogP contribution in [0.2, 0.25) is 0 Å². The summed E-state index contributed by atoms with van der Waals surface area (Å²) in [7, 11) is 3.37. The van der Waals surface area contributed by atoms with Gasteiger partial charge in [-0.05, 0) is 13.8 Å². The van der Waals surface area contributed by atoms with Crippen LogP contribution in [-0.4, -0.2) is 53.3 Å². The van der Waals surface area contributed by atoms with Gasteiger partial charge in [0.2, 0.25) is 0 Å². The van der Waals surface area contributed by atoms with Crippen LogP contribution in [-0.2, 0) is 23.1 Å². The second-order valence-corrected chi connectivity index (χ2v) is 5.19. The largest absolute Gasteiger partial charge is 0.462 e. The third-order valence-corrected chi connectivity index (χ3v) is 3.20. The summed E-state index contributed by atoms with van der Waals surface area (Å²) in [4.78, 5) is 11.8. The first-order chi connectivity index (χ1) is 9.91. The monoisotopic (exact) mass is 299 g/mol. The molecule has 1 unspecified atom stereocenters. The van der Waals surface area contributed by atoms with Gasteiger partial charge in [-0.25, -0.2) is 4.79 Å². The highest BCUT2D eigenvalue weighted by atomic mass is 16.5. The number of carbonyl (C=O) groups is 1. The fraction of sp³-hybridized carbons (Fsp3) is 0.714. The number of aryl methyl sites for hydroxylation is 1. The normalized spacial score (nSPS) is 14.0. The average Bonchev–Trinajstić information content (AvgIpc) is 2.78. The first kappa shape index (κ1) is 17.6. The molecule has 7 nitrogen and oxygen atoms in total. The molecule has 0 aliphatic carbocycles. The molecule has 0 radical (unpaired) electrons. The van der Waals surface area contributed by atoms with Crippen LogP contribution in [0.1, 0.15) is 36.3 Å². The highest BCUT2D eigenvalue weighted by molar-refractivity contribution is 5.90. The molecule has 0 aromatic carbocycles. The number of rotatable bonds is 9. The van der Waals surface area contributed by atoms with Crippen molar-refractivity contribution in [1.29, 1.82) is 0 Å². The fourth-order valence-corrected chi connectivity index (χ4v) is 1.91. The molecule has 0 amide bonds. The Kier molecular flexibility index (Phi) is 6.80. The lowest BCUT2D eigenvalue weighted by Crippen LogP contribution is -2.38. The minimum absolute atomic E-state index is 0.326. The molecular formula is C14H25N3O4. The lowest BCUT2D eigenvalue weighted by Gasteiger charge is -2.23. The lowest BCUT2D eigenvalue weighted by atomic mass is 10.0. The van der Waals surface area contributed by atoms with E-state index in [9.17, 15) is 9.90 Å². The SMILES string of the molecule is CCOC(=O)c1cnn(C)c1CNCC(C)(O)CCOC. The highest BCUT2D eigenvalue weighted by Crippen LogP contribution is 2.11. The summed E-state index contributed by atoms with van der Waals surface area (Å²) in [5.74, 6) is -0.381. The van der Waals surface area contributed by atoms with Gasteiger partial charge < -0.3 is 19.9 Å². The van der Waals surface area contributed by atoms with Crippen molar-refractivity contribution >= 4 is 5.97 Å². The van der Waals surface area contributed by atoms with Crippen LogP contribution in [0.3, 0.4) is 0 Å². The van der Waals surface area contributed by atoms with Crippen LogP contribution in [0.25, 0.3) is 0 Å². The van der Waals surface area contributed by atoms with Gasteiger partial charge in [0, 0.05) is 40.3 Å². The van der Waals surface area contributed by atoms with Crippen LogP contribution < -0.4 is 5.32 Å². The zero-order valence-corrected chi connectivity index (χ0v) is 13.2. The Balaban J connectivity index is 2.59. The summed E-state index contributed by atoms with van der Waals surface area (Å²) in [6.07, 6.45) is 2.03. The van der Waals surface area contributed by atoms with Gasteiger partial charge in [-0.15, -0.1) is 0 Å². The first-order valence-corrected chi connectivity index (χ1v) is 7.01. The van der Waals surface area contributed by atoms with Gasteiger partial charge in [0.15, 0.2) is 0 Å². The van der Waals surface area contributed by atoms with Crippen molar-refractivity contribution in [1.82, 2.24) is 15.1 Å². The maximum Gasteiger partial charge on any atom is 0.341 e. The number of esters is 1. The van der Waals surface area contributed by atoms with E-state index in [-0.39, 0.29) is 5.97 Å². The predicted octanol–water partition coefficient (Wildman–Crippen LogP) is 0.474. The van der Waals surface area contributed by atoms with Gasteiger partial charge in [-0.2, -0.15) is 5.10 Å². The third-order valence-electron chi connectivity index (χ3n) is 3.20. The molecule has 0 saturated heterocycles. The van der Waals surface area contributed by atoms with Crippen molar-refractivity contribution in [2.75, 3.05) is 26.9 Å². The van der Waals surface area contributed by atoms with E-state index < -0.39 is 5.60 Å². The van der Waals surface area contributed by atoms with Crippen molar-refractivity contribution in [3.63, 3.8) is 0 Å². The van der Waals surface area contributed by atoms with E-state index in [1.54, 1.807) is 32.7 Å². The number of aromatic nitrogens is 2. The van der Waals surface area contributed by atoms with E-state index in [1.807, 2.05) is 0 Å². The molecule has 1 atom stereocenters. The standard InChI is InChI=1S/C14H25N3O4/c1-5-21-13(18)11-8-16-17(3)12(11)9-15-10-14(2,19)6-7-20-4/h8,15,19H,5-7,9-10H2,1-4H3. The molecule has 0 saturated carbocycles. The van der Waals surface area contributed by atoms with Crippen molar-refractivity contribution in [2.45, 2.75) is 32.4 Å². The van der Waals surface area contributed by atoms with E-state index in [4.69, 9.17) is 9.47 Å². The fourth-order valence-electron chi connectivity index (χ4n) is 1.91. The minimum Gasteiger partial charge on any atom is -0.462 e. The molecule has 0 aliphatic rings. The summed E-state index contributed by atoms with van der Waals surface area (Å²) in [5, 5.41) is 17.4. The third kappa shape index (κ3) is 5.45. The van der Waals surface area contributed by atoms with E-state index >= 15 is 0 Å². The molecule has 0 fully saturated rings. The number of hydrogen-bond acceptors (Lipinski definition) is 6. The second kappa shape index (κ2) is 8.11. The molecule has 1 rings (SSSR count). The Bertz CT molecular complexity index is 457. The van der Waals surface area contributed by atoms with Gasteiger partial charge in [-0.1, -0.05) is 0 Å². The van der Waals surface area contributed by atoms with Gasteiger partial charge in [0.05, 0.1) is 24.1 Å².